The van der Waals surface area contributed by atoms with Crippen LogP contribution in [-0.2, 0) is 19.6 Å². The third-order valence-electron chi connectivity index (χ3n) is 3.39. The molecule has 3 heteroatoms. The van der Waals surface area contributed by atoms with Crippen LogP contribution in [0.25, 0.3) is 0 Å². The van der Waals surface area contributed by atoms with Gasteiger partial charge >= 0.3 is 0 Å². The summed E-state index contributed by atoms with van der Waals surface area (Å²) >= 11 is 0. The first-order chi connectivity index (χ1) is 10.1. The molecular weight excluding hydrogens is 258 g/mol. The van der Waals surface area contributed by atoms with Crippen LogP contribution in [0.4, 0.5) is 0 Å². The van der Waals surface area contributed by atoms with Crippen molar-refractivity contribution in [2.75, 3.05) is 7.05 Å². The molecule has 0 bridgehead atoms. The maximum Gasteiger partial charge on any atom is 0.0271 e. The highest BCUT2D eigenvalue weighted by Gasteiger charge is 2.02. The van der Waals surface area contributed by atoms with E-state index in [4.69, 9.17) is 0 Å². The molecule has 1 heterocycles. The van der Waals surface area contributed by atoms with Gasteiger partial charge in [-0.2, -0.15) is 0 Å². The van der Waals surface area contributed by atoms with Crippen LogP contribution in [0.5, 0.6) is 0 Å². The molecule has 0 aliphatic rings. The van der Waals surface area contributed by atoms with E-state index >= 15 is 0 Å². The fourth-order valence-electron chi connectivity index (χ4n) is 2.25. The van der Waals surface area contributed by atoms with Crippen LogP contribution in [0.1, 0.15) is 30.5 Å². The lowest BCUT2D eigenvalue weighted by molar-refractivity contribution is 0.319. The Balaban J connectivity index is 1.85. The van der Waals surface area contributed by atoms with E-state index in [1.807, 2.05) is 12.4 Å². The Morgan fingerprint density at radius 2 is 1.43 bits per heavy atom. The maximum absolute atomic E-state index is 4.05. The summed E-state index contributed by atoms with van der Waals surface area (Å²) in [4.78, 5) is 6.37. The lowest BCUT2D eigenvalue weighted by Crippen LogP contribution is -2.21. The number of hydrogen-bond acceptors (Lipinski definition) is 3. The zero-order valence-electron chi connectivity index (χ0n) is 13.2. The Morgan fingerprint density at radius 3 is 2.00 bits per heavy atom. The number of pyridine rings is 1. The molecule has 1 N–H and O–H groups in total. The summed E-state index contributed by atoms with van der Waals surface area (Å²) < 4.78 is 0. The van der Waals surface area contributed by atoms with E-state index in [1.165, 1.54) is 16.7 Å². The summed E-state index contributed by atoms with van der Waals surface area (Å²) in [5.41, 5.74) is 3.98. The normalized spacial score (nSPS) is 11.3. The highest BCUT2D eigenvalue weighted by atomic mass is 15.1. The number of nitrogens with zero attached hydrogens (tertiary/aromatic N) is 2. The zero-order chi connectivity index (χ0) is 15.1. The first-order valence-electron chi connectivity index (χ1n) is 7.52. The lowest BCUT2D eigenvalue weighted by Gasteiger charge is -2.17. The van der Waals surface area contributed by atoms with Crippen LogP contribution >= 0.6 is 0 Å². The summed E-state index contributed by atoms with van der Waals surface area (Å²) in [5, 5.41) is 3.44. The maximum atomic E-state index is 4.05. The van der Waals surface area contributed by atoms with Gasteiger partial charge in [-0.25, -0.2) is 0 Å². The molecule has 0 unspecified atom stereocenters. The predicted molar refractivity (Wildman–Crippen MR) is 87.8 cm³/mol. The number of benzene rings is 1. The highest BCUT2D eigenvalue weighted by molar-refractivity contribution is 5.22. The molecule has 0 spiro atoms. The van der Waals surface area contributed by atoms with Crippen molar-refractivity contribution < 1.29 is 0 Å². The summed E-state index contributed by atoms with van der Waals surface area (Å²) in [6.07, 6.45) is 3.69. The van der Waals surface area contributed by atoms with Gasteiger partial charge in [-0.05, 0) is 35.9 Å². The Morgan fingerprint density at radius 1 is 0.905 bits per heavy atom. The van der Waals surface area contributed by atoms with E-state index in [9.17, 15) is 0 Å². The zero-order valence-corrected chi connectivity index (χ0v) is 13.2. The van der Waals surface area contributed by atoms with Crippen LogP contribution in [-0.4, -0.2) is 23.0 Å². The molecule has 0 atom stereocenters. The van der Waals surface area contributed by atoms with E-state index in [0.29, 0.717) is 6.04 Å². The molecule has 2 aromatic rings. The predicted octanol–water partition coefficient (Wildman–Crippen LogP) is 3.21. The molecule has 3 nitrogen and oxygen atoms in total. The number of aromatic nitrogens is 1. The van der Waals surface area contributed by atoms with E-state index in [1.54, 1.807) is 0 Å². The van der Waals surface area contributed by atoms with Crippen molar-refractivity contribution in [1.29, 1.82) is 0 Å². The average molecular weight is 283 g/mol. The molecule has 2 rings (SSSR count). The Kier molecular flexibility index (Phi) is 5.90. The van der Waals surface area contributed by atoms with Gasteiger partial charge in [0.15, 0.2) is 0 Å². The third-order valence-corrected chi connectivity index (χ3v) is 3.39. The van der Waals surface area contributed by atoms with Crippen molar-refractivity contribution in [2.24, 2.45) is 0 Å². The molecule has 0 radical (unpaired) electrons. The summed E-state index contributed by atoms with van der Waals surface area (Å²) in [5.74, 6) is 0. The van der Waals surface area contributed by atoms with Gasteiger partial charge in [0.2, 0.25) is 0 Å². The van der Waals surface area contributed by atoms with Crippen molar-refractivity contribution in [3.05, 3.63) is 65.5 Å². The summed E-state index contributed by atoms with van der Waals surface area (Å²) in [6, 6.07) is 13.5. The molecule has 0 fully saturated rings. The molecule has 0 saturated heterocycles. The van der Waals surface area contributed by atoms with Crippen molar-refractivity contribution in [3.8, 4) is 0 Å². The van der Waals surface area contributed by atoms with Crippen LogP contribution in [0.15, 0.2) is 48.8 Å². The molecule has 1 aromatic heterocycles. The second kappa shape index (κ2) is 7.91. The Labute approximate surface area is 128 Å². The smallest absolute Gasteiger partial charge is 0.0271 e. The van der Waals surface area contributed by atoms with Crippen LogP contribution in [0.2, 0.25) is 0 Å². The second-order valence-corrected chi connectivity index (χ2v) is 5.88. The first kappa shape index (κ1) is 15.7. The highest BCUT2D eigenvalue weighted by Crippen LogP contribution is 2.09. The van der Waals surface area contributed by atoms with Crippen molar-refractivity contribution >= 4 is 0 Å². The largest absolute Gasteiger partial charge is 0.310 e. The molecule has 0 aliphatic heterocycles. The molecule has 0 saturated carbocycles. The van der Waals surface area contributed by atoms with Gasteiger partial charge < -0.3 is 5.32 Å². The minimum atomic E-state index is 0.524. The lowest BCUT2D eigenvalue weighted by atomic mass is 10.1. The molecule has 0 aliphatic carbocycles. The fourth-order valence-corrected chi connectivity index (χ4v) is 2.25. The van der Waals surface area contributed by atoms with Gasteiger partial charge in [-0.3, -0.25) is 9.88 Å². The van der Waals surface area contributed by atoms with Gasteiger partial charge in [-0.15, -0.1) is 0 Å². The molecule has 112 valence electrons. The first-order valence-corrected chi connectivity index (χ1v) is 7.52. The fraction of sp³-hybridized carbons (Fsp3) is 0.389. The standard InChI is InChI=1S/C18H25N3/c1-15(2)20-12-16-4-6-17(7-5-16)13-21(3)14-18-8-10-19-11-9-18/h4-11,15,20H,12-14H2,1-3H3. The van der Waals surface area contributed by atoms with Crippen molar-refractivity contribution in [1.82, 2.24) is 15.2 Å². The molecule has 21 heavy (non-hydrogen) atoms. The van der Waals surface area contributed by atoms with Gasteiger partial charge in [0, 0.05) is 38.1 Å². The van der Waals surface area contributed by atoms with Crippen LogP contribution < -0.4 is 5.32 Å². The van der Waals surface area contributed by atoms with Gasteiger partial charge in [-0.1, -0.05) is 38.1 Å². The van der Waals surface area contributed by atoms with E-state index in [0.717, 1.165) is 19.6 Å². The van der Waals surface area contributed by atoms with Gasteiger partial charge in [0.25, 0.3) is 0 Å². The number of hydrogen-bond donors (Lipinski definition) is 1. The van der Waals surface area contributed by atoms with Crippen LogP contribution in [0.3, 0.4) is 0 Å². The number of rotatable bonds is 7. The Bertz CT molecular complexity index is 520. The number of nitrogens with one attached hydrogen (secondary N) is 1. The molecule has 1 aromatic carbocycles. The van der Waals surface area contributed by atoms with Crippen LogP contribution in [0, 0.1) is 0 Å². The summed E-state index contributed by atoms with van der Waals surface area (Å²) in [6.45, 7) is 7.18. The van der Waals surface area contributed by atoms with Crippen molar-refractivity contribution in [2.45, 2.75) is 39.5 Å². The van der Waals surface area contributed by atoms with E-state index < -0.39 is 0 Å². The molecule has 0 amide bonds. The average Bonchev–Trinajstić information content (AvgIpc) is 2.47. The SMILES string of the molecule is CC(C)NCc1ccc(CN(C)Cc2ccncc2)cc1. The summed E-state index contributed by atoms with van der Waals surface area (Å²) in [7, 11) is 2.15. The van der Waals surface area contributed by atoms with E-state index in [-0.39, 0.29) is 0 Å². The minimum Gasteiger partial charge on any atom is -0.310 e. The quantitative estimate of drug-likeness (QED) is 0.845. The van der Waals surface area contributed by atoms with E-state index in [2.05, 4.69) is 72.5 Å². The monoisotopic (exact) mass is 283 g/mol. The molecular formula is C18H25N3. The second-order valence-electron chi connectivity index (χ2n) is 5.88. The van der Waals surface area contributed by atoms with Gasteiger partial charge in [0.1, 0.15) is 0 Å². The minimum absolute atomic E-state index is 0.524. The van der Waals surface area contributed by atoms with Crippen molar-refractivity contribution in [3.63, 3.8) is 0 Å². The third kappa shape index (κ3) is 5.66. The Hall–Kier alpha value is -1.71. The topological polar surface area (TPSA) is 28.2 Å². The van der Waals surface area contributed by atoms with Gasteiger partial charge in [0.05, 0.1) is 0 Å².